The molecule has 1 aromatic carbocycles. The molecule has 2 aromatic rings. The van der Waals surface area contributed by atoms with Crippen LogP contribution in [0, 0.1) is 0 Å². The summed E-state index contributed by atoms with van der Waals surface area (Å²) in [6.07, 6.45) is 8.08. The van der Waals surface area contributed by atoms with Gasteiger partial charge in [0.1, 0.15) is 5.03 Å². The lowest BCUT2D eigenvalue weighted by atomic mass is 9.99. The fourth-order valence-corrected chi connectivity index (χ4v) is 5.61. The molecule has 5 rings (SSSR count). The fourth-order valence-electron chi connectivity index (χ4n) is 5.02. The van der Waals surface area contributed by atoms with Gasteiger partial charge in [-0.1, -0.05) is 6.07 Å². The summed E-state index contributed by atoms with van der Waals surface area (Å²) in [5.74, 6) is 0. The highest BCUT2D eigenvalue weighted by Crippen LogP contribution is 2.38. The Morgan fingerprint density at radius 1 is 1.07 bits per heavy atom. The van der Waals surface area contributed by atoms with Crippen molar-refractivity contribution in [2.24, 2.45) is 7.05 Å². The number of carbonyl (C=O) groups excluding carboxylic acids is 1. The lowest BCUT2D eigenvalue weighted by Gasteiger charge is -2.36. The van der Waals surface area contributed by atoms with E-state index in [-0.39, 0.29) is 6.03 Å². The highest BCUT2D eigenvalue weighted by atomic mass is 32.2. The van der Waals surface area contributed by atoms with Gasteiger partial charge in [-0.25, -0.2) is 4.79 Å². The molecule has 0 radical (unpaired) electrons. The van der Waals surface area contributed by atoms with E-state index in [0.29, 0.717) is 6.04 Å². The zero-order chi connectivity index (χ0) is 20.0. The number of nitrogens with one attached hydrogen (secondary N) is 2. The first-order chi connectivity index (χ1) is 14.1. The molecule has 3 aliphatic rings. The van der Waals surface area contributed by atoms with Crippen LogP contribution in [-0.2, 0) is 32.7 Å². The van der Waals surface area contributed by atoms with Crippen molar-refractivity contribution in [2.45, 2.75) is 62.9 Å². The molecule has 1 atom stereocenters. The highest BCUT2D eigenvalue weighted by Gasteiger charge is 2.26. The Balaban J connectivity index is 1.26. The van der Waals surface area contributed by atoms with Crippen LogP contribution in [0.15, 0.2) is 17.2 Å². The SMILES string of the molecule is CC(c1cc(SNC(=O)Nc2c3c(cc4c2CCC4)CCC3)nn1C)N1CCC1. The van der Waals surface area contributed by atoms with Crippen molar-refractivity contribution in [1.29, 1.82) is 0 Å². The number of amides is 2. The second kappa shape index (κ2) is 7.69. The molecule has 2 amide bonds. The minimum Gasteiger partial charge on any atom is -0.307 e. The number of hydrogen-bond acceptors (Lipinski definition) is 4. The van der Waals surface area contributed by atoms with Crippen LogP contribution in [0.1, 0.15) is 60.2 Å². The van der Waals surface area contributed by atoms with Crippen LogP contribution in [0.25, 0.3) is 0 Å². The lowest BCUT2D eigenvalue weighted by Crippen LogP contribution is -2.39. The molecule has 0 bridgehead atoms. The van der Waals surface area contributed by atoms with Gasteiger partial charge in [0.05, 0.1) is 5.69 Å². The van der Waals surface area contributed by atoms with Crippen molar-refractivity contribution in [3.05, 3.63) is 40.1 Å². The number of anilines is 1. The third-order valence-electron chi connectivity index (χ3n) is 6.72. The van der Waals surface area contributed by atoms with Crippen LogP contribution < -0.4 is 10.0 Å². The molecular weight excluding hydrogens is 382 g/mol. The number of hydrogen-bond donors (Lipinski definition) is 2. The standard InChI is InChI=1S/C22H29N5OS/c1-14(27-10-5-11-27)19-13-20(24-26(19)2)29-25-22(28)23-21-17-8-3-6-15(17)12-16-7-4-9-18(16)21/h12-14H,3-11H2,1-2H3,(H2,23,25,28). The molecule has 29 heavy (non-hydrogen) atoms. The third kappa shape index (κ3) is 3.55. The Labute approximate surface area is 176 Å². The Bertz CT molecular complexity index is 917. The number of likely N-dealkylation sites (tertiary alicyclic amines) is 1. The van der Waals surface area contributed by atoms with Gasteiger partial charge >= 0.3 is 6.03 Å². The van der Waals surface area contributed by atoms with E-state index in [9.17, 15) is 4.79 Å². The minimum atomic E-state index is -0.160. The van der Waals surface area contributed by atoms with Gasteiger partial charge in [-0.3, -0.25) is 14.3 Å². The van der Waals surface area contributed by atoms with Gasteiger partial charge in [-0.2, -0.15) is 5.10 Å². The first-order valence-electron chi connectivity index (χ1n) is 10.8. The number of aryl methyl sites for hydroxylation is 3. The molecule has 2 N–H and O–H groups in total. The predicted molar refractivity (Wildman–Crippen MR) is 116 cm³/mol. The second-order valence-electron chi connectivity index (χ2n) is 8.49. The van der Waals surface area contributed by atoms with Crippen molar-refractivity contribution in [3.63, 3.8) is 0 Å². The number of benzene rings is 1. The zero-order valence-electron chi connectivity index (χ0n) is 17.3. The van der Waals surface area contributed by atoms with Gasteiger partial charge in [-0.05, 0) is 80.2 Å². The monoisotopic (exact) mass is 411 g/mol. The molecule has 0 spiro atoms. The van der Waals surface area contributed by atoms with Crippen LogP contribution in [0.3, 0.4) is 0 Å². The van der Waals surface area contributed by atoms with E-state index < -0.39 is 0 Å². The molecule has 6 nitrogen and oxygen atoms in total. The number of fused-ring (bicyclic) bond motifs is 2. The Hall–Kier alpha value is -1.99. The summed E-state index contributed by atoms with van der Waals surface area (Å²) >= 11 is 1.29. The van der Waals surface area contributed by atoms with E-state index in [2.05, 4.69) is 39.1 Å². The van der Waals surface area contributed by atoms with E-state index in [0.717, 1.165) is 49.5 Å². The predicted octanol–water partition coefficient (Wildman–Crippen LogP) is 3.99. The van der Waals surface area contributed by atoms with E-state index in [1.807, 2.05) is 11.7 Å². The van der Waals surface area contributed by atoms with Crippen molar-refractivity contribution >= 4 is 23.7 Å². The number of rotatable bonds is 5. The molecule has 1 aliphatic heterocycles. The molecule has 1 aromatic heterocycles. The maximum Gasteiger partial charge on any atom is 0.329 e. The first-order valence-corrected chi connectivity index (χ1v) is 11.6. The third-order valence-corrected chi connectivity index (χ3v) is 7.42. The summed E-state index contributed by atoms with van der Waals surface area (Å²) < 4.78 is 4.88. The molecular formula is C22H29N5OS. The van der Waals surface area contributed by atoms with E-state index >= 15 is 0 Å². The molecule has 1 fully saturated rings. The van der Waals surface area contributed by atoms with Gasteiger partial charge < -0.3 is 5.32 Å². The number of aromatic nitrogens is 2. The van der Waals surface area contributed by atoms with E-state index in [4.69, 9.17) is 0 Å². The normalized spacial score (nSPS) is 18.8. The molecule has 7 heteroatoms. The van der Waals surface area contributed by atoms with Gasteiger partial charge in [0.15, 0.2) is 0 Å². The number of urea groups is 1. The van der Waals surface area contributed by atoms with Crippen molar-refractivity contribution in [3.8, 4) is 0 Å². The topological polar surface area (TPSA) is 62.2 Å². The Morgan fingerprint density at radius 3 is 2.38 bits per heavy atom. The quantitative estimate of drug-likeness (QED) is 0.730. The molecule has 2 heterocycles. The summed E-state index contributed by atoms with van der Waals surface area (Å²) in [5, 5.41) is 8.58. The second-order valence-corrected chi connectivity index (χ2v) is 9.32. The van der Waals surface area contributed by atoms with Gasteiger partial charge in [0, 0.05) is 43.8 Å². The van der Waals surface area contributed by atoms with Gasteiger partial charge in [-0.15, -0.1) is 0 Å². The fraction of sp³-hybridized carbons (Fsp3) is 0.545. The molecule has 1 unspecified atom stereocenters. The van der Waals surface area contributed by atoms with Crippen molar-refractivity contribution in [2.75, 3.05) is 18.4 Å². The number of carbonyl (C=O) groups is 1. The van der Waals surface area contributed by atoms with Crippen LogP contribution in [0.5, 0.6) is 0 Å². The smallest absolute Gasteiger partial charge is 0.307 e. The summed E-state index contributed by atoms with van der Waals surface area (Å²) in [5.41, 5.74) is 7.85. The lowest BCUT2D eigenvalue weighted by molar-refractivity contribution is 0.123. The molecule has 1 saturated heterocycles. The van der Waals surface area contributed by atoms with Crippen molar-refractivity contribution in [1.82, 2.24) is 19.4 Å². The summed E-state index contributed by atoms with van der Waals surface area (Å²) in [4.78, 5) is 15.1. The Morgan fingerprint density at radius 2 is 1.76 bits per heavy atom. The van der Waals surface area contributed by atoms with Crippen molar-refractivity contribution < 1.29 is 4.79 Å². The summed E-state index contributed by atoms with van der Waals surface area (Å²) in [6.45, 7) is 4.53. The maximum absolute atomic E-state index is 12.7. The van der Waals surface area contributed by atoms with Crippen LogP contribution in [0.2, 0.25) is 0 Å². The van der Waals surface area contributed by atoms with E-state index in [1.54, 1.807) is 0 Å². The molecule has 2 aliphatic carbocycles. The van der Waals surface area contributed by atoms with E-state index in [1.165, 1.54) is 59.2 Å². The van der Waals surface area contributed by atoms with Crippen LogP contribution >= 0.6 is 11.9 Å². The minimum absolute atomic E-state index is 0.160. The van der Waals surface area contributed by atoms with Gasteiger partial charge in [0.25, 0.3) is 0 Å². The largest absolute Gasteiger partial charge is 0.329 e. The first kappa shape index (κ1) is 19.0. The van der Waals surface area contributed by atoms with Crippen LogP contribution in [-0.4, -0.2) is 33.8 Å². The molecule has 154 valence electrons. The molecule has 0 saturated carbocycles. The summed E-state index contributed by atoms with van der Waals surface area (Å²) in [7, 11) is 1.98. The Kier molecular flexibility index (Phi) is 5.04. The average Bonchev–Trinajstić information content (AvgIpc) is 3.37. The zero-order valence-corrected chi connectivity index (χ0v) is 18.1. The highest BCUT2D eigenvalue weighted by molar-refractivity contribution is 7.97. The van der Waals surface area contributed by atoms with Crippen LogP contribution in [0.4, 0.5) is 10.5 Å². The maximum atomic E-state index is 12.7. The van der Waals surface area contributed by atoms with Gasteiger partial charge in [0.2, 0.25) is 0 Å². The number of nitrogens with zero attached hydrogens (tertiary/aromatic N) is 3. The average molecular weight is 412 g/mol. The summed E-state index contributed by atoms with van der Waals surface area (Å²) in [6, 6.07) is 4.68.